The van der Waals surface area contributed by atoms with Crippen molar-refractivity contribution in [2.24, 2.45) is 0 Å². The molecule has 0 amide bonds. The zero-order chi connectivity index (χ0) is 19.8. The Morgan fingerprint density at radius 3 is 2.71 bits per heavy atom. The molecule has 0 saturated heterocycles. The van der Waals surface area contributed by atoms with Crippen molar-refractivity contribution < 1.29 is 9.90 Å². The van der Waals surface area contributed by atoms with Gasteiger partial charge in [0.15, 0.2) is 5.78 Å². The van der Waals surface area contributed by atoms with Gasteiger partial charge in [-0.25, -0.2) is 4.98 Å². The molecule has 2 N–H and O–H groups in total. The van der Waals surface area contributed by atoms with E-state index in [1.165, 1.54) is 19.3 Å². The summed E-state index contributed by atoms with van der Waals surface area (Å²) in [6, 6.07) is 7.59. The van der Waals surface area contributed by atoms with Gasteiger partial charge >= 0.3 is 0 Å². The fraction of sp³-hybridized carbons (Fsp3) is 0.435. The normalized spacial score (nSPS) is 17.1. The highest BCUT2D eigenvalue weighted by atomic mass is 16.3. The monoisotopic (exact) mass is 377 g/mol. The maximum absolute atomic E-state index is 13.0. The van der Waals surface area contributed by atoms with Crippen LogP contribution in [-0.2, 0) is 6.54 Å². The van der Waals surface area contributed by atoms with E-state index in [4.69, 9.17) is 5.41 Å². The Labute approximate surface area is 165 Å². The number of carbonyl (C=O) groups is 1. The summed E-state index contributed by atoms with van der Waals surface area (Å²) >= 11 is 0. The van der Waals surface area contributed by atoms with Crippen LogP contribution in [0, 0.1) is 19.3 Å². The first kappa shape index (κ1) is 18.7. The number of benzene rings is 1. The molecule has 2 heterocycles. The third kappa shape index (κ3) is 3.41. The average molecular weight is 377 g/mol. The maximum atomic E-state index is 13.0. The zero-order valence-corrected chi connectivity index (χ0v) is 16.6. The number of aryl methyl sites for hydroxylation is 2. The van der Waals surface area contributed by atoms with Gasteiger partial charge in [-0.3, -0.25) is 10.2 Å². The zero-order valence-electron chi connectivity index (χ0n) is 16.6. The summed E-state index contributed by atoms with van der Waals surface area (Å²) in [5, 5.41) is 19.0. The number of amidine groups is 1. The number of rotatable bonds is 4. The van der Waals surface area contributed by atoms with Crippen molar-refractivity contribution in [3.63, 3.8) is 0 Å². The average Bonchev–Trinajstić information content (AvgIpc) is 2.99. The van der Waals surface area contributed by atoms with E-state index in [9.17, 15) is 9.90 Å². The summed E-state index contributed by atoms with van der Waals surface area (Å²) in [6.45, 7) is 4.47. The minimum atomic E-state index is -0.0190. The maximum Gasteiger partial charge on any atom is 0.182 e. The number of pyridine rings is 1. The van der Waals surface area contributed by atoms with Gasteiger partial charge in [-0.1, -0.05) is 25.3 Å². The van der Waals surface area contributed by atoms with Crippen molar-refractivity contribution in [1.29, 1.82) is 5.41 Å². The summed E-state index contributed by atoms with van der Waals surface area (Å²) in [5.74, 6) is 0.968. The van der Waals surface area contributed by atoms with E-state index < -0.39 is 0 Å². The number of nitrogens with one attached hydrogen (secondary N) is 1. The number of phenols is 1. The molecule has 1 saturated carbocycles. The fourth-order valence-electron chi connectivity index (χ4n) is 4.44. The third-order valence-corrected chi connectivity index (χ3v) is 6.05. The molecule has 0 unspecified atom stereocenters. The summed E-state index contributed by atoms with van der Waals surface area (Å²) in [4.78, 5) is 19.3. The molecule has 1 fully saturated rings. The van der Waals surface area contributed by atoms with Gasteiger partial charge in [0.25, 0.3) is 0 Å². The molecule has 1 aliphatic heterocycles. The molecular weight excluding hydrogens is 350 g/mol. The molecular formula is C23H27N3O2. The molecule has 5 nitrogen and oxygen atoms in total. The van der Waals surface area contributed by atoms with E-state index in [1.807, 2.05) is 32.0 Å². The fourth-order valence-corrected chi connectivity index (χ4v) is 4.44. The van der Waals surface area contributed by atoms with E-state index in [0.29, 0.717) is 35.3 Å². The van der Waals surface area contributed by atoms with Gasteiger partial charge < -0.3 is 10.0 Å². The second-order valence-electron chi connectivity index (χ2n) is 8.15. The molecule has 5 heteroatoms. The molecule has 1 aromatic heterocycles. The smallest absolute Gasteiger partial charge is 0.182 e. The van der Waals surface area contributed by atoms with Gasteiger partial charge in [-0.2, -0.15) is 0 Å². The van der Waals surface area contributed by atoms with Crippen molar-refractivity contribution in [2.45, 2.75) is 58.4 Å². The van der Waals surface area contributed by atoms with E-state index >= 15 is 0 Å². The first-order valence-electron chi connectivity index (χ1n) is 10.1. The lowest BCUT2D eigenvalue weighted by molar-refractivity contribution is 0.0962. The number of aromatic hydroxyl groups is 1. The standard InChI is InChI=1S/C23H27N3O2/c1-14-10-18(11-19(22(14)28)16-6-4-3-5-7-16)20(27)13-26-12-17-9-8-15(2)25-21(17)23(26)24/h8-11,16,24,28H,3-7,12-13H2,1-2H3. The Bertz CT molecular complexity index is 945. The van der Waals surface area contributed by atoms with Crippen LogP contribution < -0.4 is 0 Å². The van der Waals surface area contributed by atoms with Crippen LogP contribution in [0.3, 0.4) is 0 Å². The van der Waals surface area contributed by atoms with Gasteiger partial charge in [0.2, 0.25) is 0 Å². The predicted octanol–water partition coefficient (Wildman–Crippen LogP) is 4.48. The topological polar surface area (TPSA) is 77.3 Å². The second-order valence-corrected chi connectivity index (χ2v) is 8.15. The number of Topliss-reactive ketones (excluding diaryl/α,β-unsaturated/α-hetero) is 1. The minimum absolute atomic E-state index is 0.0190. The third-order valence-electron chi connectivity index (χ3n) is 6.05. The molecule has 1 aromatic carbocycles. The number of aromatic nitrogens is 1. The van der Waals surface area contributed by atoms with Gasteiger partial charge in [0.1, 0.15) is 17.3 Å². The number of fused-ring (bicyclic) bond motifs is 1. The molecule has 146 valence electrons. The summed E-state index contributed by atoms with van der Waals surface area (Å²) in [7, 11) is 0. The highest BCUT2D eigenvalue weighted by molar-refractivity contribution is 6.04. The van der Waals surface area contributed by atoms with E-state index in [-0.39, 0.29) is 12.3 Å². The Morgan fingerprint density at radius 1 is 1.21 bits per heavy atom. The van der Waals surface area contributed by atoms with E-state index in [0.717, 1.165) is 35.2 Å². The molecule has 0 bridgehead atoms. The van der Waals surface area contributed by atoms with E-state index in [2.05, 4.69) is 4.98 Å². The van der Waals surface area contributed by atoms with E-state index in [1.54, 1.807) is 11.0 Å². The lowest BCUT2D eigenvalue weighted by atomic mass is 9.82. The largest absolute Gasteiger partial charge is 0.507 e. The lowest BCUT2D eigenvalue weighted by Gasteiger charge is -2.24. The van der Waals surface area contributed by atoms with Crippen LogP contribution >= 0.6 is 0 Å². The predicted molar refractivity (Wildman–Crippen MR) is 109 cm³/mol. The van der Waals surface area contributed by atoms with Crippen LogP contribution in [0.1, 0.15) is 76.5 Å². The van der Waals surface area contributed by atoms with Crippen LogP contribution in [0.5, 0.6) is 5.75 Å². The van der Waals surface area contributed by atoms with Gasteiger partial charge in [-0.05, 0) is 61.9 Å². The Hall–Kier alpha value is -2.69. The first-order chi connectivity index (χ1) is 13.4. The van der Waals surface area contributed by atoms with Crippen molar-refractivity contribution in [2.75, 3.05) is 6.54 Å². The summed E-state index contributed by atoms with van der Waals surface area (Å²) in [6.07, 6.45) is 5.75. The van der Waals surface area contributed by atoms with Crippen LogP contribution in [0.25, 0.3) is 0 Å². The van der Waals surface area contributed by atoms with Gasteiger partial charge in [0, 0.05) is 23.4 Å². The van der Waals surface area contributed by atoms with Crippen molar-refractivity contribution in [3.8, 4) is 5.75 Å². The molecule has 4 rings (SSSR count). The number of hydrogen-bond acceptors (Lipinski definition) is 4. The molecule has 0 radical (unpaired) electrons. The van der Waals surface area contributed by atoms with Crippen LogP contribution in [0.2, 0.25) is 0 Å². The van der Waals surface area contributed by atoms with Crippen LogP contribution in [-0.4, -0.2) is 33.2 Å². The second kappa shape index (κ2) is 7.38. The number of phenolic OH excluding ortho intramolecular Hbond substituents is 1. The van der Waals surface area contributed by atoms with Gasteiger partial charge in [-0.15, -0.1) is 0 Å². The SMILES string of the molecule is Cc1ccc2c(n1)C(=N)N(CC(=O)c1cc(C)c(O)c(C3CCCCC3)c1)C2. The molecule has 0 spiro atoms. The van der Waals surface area contributed by atoms with Gasteiger partial charge in [0.05, 0.1) is 6.54 Å². The molecule has 0 atom stereocenters. The summed E-state index contributed by atoms with van der Waals surface area (Å²) < 4.78 is 0. The number of nitrogens with zero attached hydrogens (tertiary/aromatic N) is 2. The molecule has 2 aliphatic rings. The molecule has 28 heavy (non-hydrogen) atoms. The van der Waals surface area contributed by atoms with Crippen molar-refractivity contribution in [3.05, 3.63) is 57.9 Å². The molecule has 2 aromatic rings. The minimum Gasteiger partial charge on any atom is -0.507 e. The number of ketones is 1. The van der Waals surface area contributed by atoms with Crippen LogP contribution in [0.4, 0.5) is 0 Å². The highest BCUT2D eigenvalue weighted by Crippen LogP contribution is 2.39. The lowest BCUT2D eigenvalue weighted by Crippen LogP contribution is -2.30. The van der Waals surface area contributed by atoms with Crippen LogP contribution in [0.15, 0.2) is 24.3 Å². The quantitative estimate of drug-likeness (QED) is 0.771. The highest BCUT2D eigenvalue weighted by Gasteiger charge is 2.28. The van der Waals surface area contributed by atoms with Crippen molar-refractivity contribution >= 4 is 11.6 Å². The Balaban J connectivity index is 1.55. The first-order valence-corrected chi connectivity index (χ1v) is 10.1. The summed E-state index contributed by atoms with van der Waals surface area (Å²) in [5.41, 5.74) is 4.85. The van der Waals surface area contributed by atoms with Crippen molar-refractivity contribution in [1.82, 2.24) is 9.88 Å². The Kier molecular flexibility index (Phi) is 4.92. The number of carbonyl (C=O) groups excluding carboxylic acids is 1. The number of hydrogen-bond donors (Lipinski definition) is 2. The molecule has 1 aliphatic carbocycles. The Morgan fingerprint density at radius 2 is 1.96 bits per heavy atom.